The summed E-state index contributed by atoms with van der Waals surface area (Å²) in [6.07, 6.45) is 5.07. The van der Waals surface area contributed by atoms with Crippen molar-refractivity contribution in [3.8, 4) is 5.75 Å². The topological polar surface area (TPSA) is 62.0 Å². The van der Waals surface area contributed by atoms with E-state index in [4.69, 9.17) is 10.5 Å². The Morgan fingerprint density at radius 2 is 1.63 bits per heavy atom. The Balaban J connectivity index is 1.16. The minimum atomic E-state index is -0.366. The van der Waals surface area contributed by atoms with E-state index in [2.05, 4.69) is 84.0 Å². The highest BCUT2D eigenvalue weighted by atomic mass is 16.5. The summed E-state index contributed by atoms with van der Waals surface area (Å²) < 4.78 is 5.40. The van der Waals surface area contributed by atoms with Gasteiger partial charge >= 0.3 is 0 Å². The van der Waals surface area contributed by atoms with Crippen LogP contribution in [0.2, 0.25) is 0 Å². The van der Waals surface area contributed by atoms with Gasteiger partial charge in [0.05, 0.1) is 7.11 Å². The van der Waals surface area contributed by atoms with Gasteiger partial charge in [-0.05, 0) is 97.0 Å². The molecule has 0 radical (unpaired) electrons. The summed E-state index contributed by atoms with van der Waals surface area (Å²) in [4.78, 5) is 19.5. The summed E-state index contributed by atoms with van der Waals surface area (Å²) in [7, 11) is 1.73. The average Bonchev–Trinajstić information content (AvgIpc) is 3.01. The van der Waals surface area contributed by atoms with Crippen LogP contribution < -0.4 is 15.4 Å². The van der Waals surface area contributed by atoms with Crippen molar-refractivity contribution in [1.29, 1.82) is 0 Å². The largest absolute Gasteiger partial charge is 0.497 e. The van der Waals surface area contributed by atoms with Crippen molar-refractivity contribution in [2.45, 2.75) is 77.0 Å². The number of carbonyl (C=O) groups excluding carboxylic acids is 1. The van der Waals surface area contributed by atoms with Crippen molar-refractivity contribution >= 4 is 11.6 Å². The molecule has 2 heterocycles. The number of rotatable bonds is 8. The highest BCUT2D eigenvalue weighted by Gasteiger charge is 2.50. The minimum Gasteiger partial charge on any atom is -0.497 e. The van der Waals surface area contributed by atoms with Crippen LogP contribution >= 0.6 is 0 Å². The molecular formula is C37H48N4O2. The molecule has 3 aliphatic rings. The van der Waals surface area contributed by atoms with Gasteiger partial charge in [-0.25, -0.2) is 0 Å². The third-order valence-corrected chi connectivity index (χ3v) is 10.6. The molecule has 3 fully saturated rings. The van der Waals surface area contributed by atoms with Crippen LogP contribution in [0.4, 0.5) is 5.69 Å². The minimum absolute atomic E-state index is 0.366. The van der Waals surface area contributed by atoms with E-state index < -0.39 is 0 Å². The van der Waals surface area contributed by atoms with E-state index in [-0.39, 0.29) is 5.91 Å². The predicted octanol–water partition coefficient (Wildman–Crippen LogP) is 6.61. The van der Waals surface area contributed by atoms with Crippen molar-refractivity contribution in [1.82, 2.24) is 9.80 Å². The maximum Gasteiger partial charge on any atom is 0.248 e. The molecule has 0 bridgehead atoms. The summed E-state index contributed by atoms with van der Waals surface area (Å²) in [6.45, 7) is 12.3. The zero-order chi connectivity index (χ0) is 30.1. The molecule has 1 spiro atoms. The zero-order valence-corrected chi connectivity index (χ0v) is 26.3. The molecule has 0 unspecified atom stereocenters. The summed E-state index contributed by atoms with van der Waals surface area (Å²) in [5.41, 5.74) is 12.0. The molecule has 2 atom stereocenters. The van der Waals surface area contributed by atoms with E-state index in [0.717, 1.165) is 38.5 Å². The number of primary amides is 1. The van der Waals surface area contributed by atoms with Gasteiger partial charge in [0.2, 0.25) is 5.91 Å². The van der Waals surface area contributed by atoms with E-state index >= 15 is 0 Å². The summed E-state index contributed by atoms with van der Waals surface area (Å²) in [6, 6.07) is 27.1. The fraction of sp³-hybridized carbons (Fsp3) is 0.486. The lowest BCUT2D eigenvalue weighted by molar-refractivity contribution is -0.0766. The zero-order valence-electron chi connectivity index (χ0n) is 26.3. The Morgan fingerprint density at radius 1 is 0.953 bits per heavy atom. The van der Waals surface area contributed by atoms with Gasteiger partial charge < -0.3 is 15.4 Å². The SMILES string of the molecule is COc1ccc(CN2C[C@@H](c3ccccc3C(C)C)N(C3CC4(CCN(c5ccc(C(N)=O)cc5)CC4)C3)C[C@@H]2C)cc1. The number of hydrogen-bond donors (Lipinski definition) is 1. The highest BCUT2D eigenvalue weighted by Crippen LogP contribution is 2.53. The second-order valence-corrected chi connectivity index (χ2v) is 13.6. The Morgan fingerprint density at radius 3 is 2.26 bits per heavy atom. The van der Waals surface area contributed by atoms with E-state index in [1.807, 2.05) is 24.3 Å². The lowest BCUT2D eigenvalue weighted by Crippen LogP contribution is -2.61. The van der Waals surface area contributed by atoms with Crippen LogP contribution in [-0.4, -0.2) is 61.1 Å². The van der Waals surface area contributed by atoms with Gasteiger partial charge in [-0.1, -0.05) is 50.2 Å². The van der Waals surface area contributed by atoms with Crippen LogP contribution in [0, 0.1) is 5.41 Å². The van der Waals surface area contributed by atoms with Crippen molar-refractivity contribution in [3.63, 3.8) is 0 Å². The molecule has 2 N–H and O–H groups in total. The number of anilines is 1. The second kappa shape index (κ2) is 12.3. The predicted molar refractivity (Wildman–Crippen MR) is 175 cm³/mol. The maximum atomic E-state index is 11.5. The summed E-state index contributed by atoms with van der Waals surface area (Å²) in [5, 5.41) is 0. The maximum absolute atomic E-state index is 11.5. The molecule has 1 aliphatic carbocycles. The number of amides is 1. The third kappa shape index (κ3) is 6.18. The monoisotopic (exact) mass is 580 g/mol. The standard InChI is InChI=1S/C37H48N4O2/c1-26(2)33-7-5-6-8-34(33)35-25-40(24-28-9-15-32(43-4)16-10-28)27(3)23-41(35)31-21-37(22-31)17-19-39(20-18-37)30-13-11-29(12-14-30)36(38)42/h5-16,26-27,31,35H,17-25H2,1-4H3,(H2,38,42)/t27-,35-/m0/s1. The highest BCUT2D eigenvalue weighted by molar-refractivity contribution is 5.93. The second-order valence-electron chi connectivity index (χ2n) is 13.6. The van der Waals surface area contributed by atoms with E-state index in [1.165, 1.54) is 48.1 Å². The van der Waals surface area contributed by atoms with Crippen LogP contribution in [-0.2, 0) is 6.54 Å². The fourth-order valence-corrected chi connectivity index (χ4v) is 7.92. The number of piperazine rings is 1. The average molecular weight is 581 g/mol. The van der Waals surface area contributed by atoms with E-state index in [0.29, 0.717) is 35.0 Å². The van der Waals surface area contributed by atoms with E-state index in [1.54, 1.807) is 7.11 Å². The number of nitrogens with zero attached hydrogens (tertiary/aromatic N) is 3. The molecule has 1 saturated carbocycles. The van der Waals surface area contributed by atoms with Gasteiger partial charge in [0.1, 0.15) is 5.75 Å². The van der Waals surface area contributed by atoms with Gasteiger partial charge in [0, 0.05) is 62.1 Å². The molecule has 6 rings (SSSR count). The van der Waals surface area contributed by atoms with Gasteiger partial charge in [-0.15, -0.1) is 0 Å². The first kappa shape index (κ1) is 29.7. The van der Waals surface area contributed by atoms with Crippen LogP contribution in [0.25, 0.3) is 0 Å². The lowest BCUT2D eigenvalue weighted by Gasteiger charge is -2.59. The molecule has 6 heteroatoms. The third-order valence-electron chi connectivity index (χ3n) is 10.6. The normalized spacial score (nSPS) is 23.0. The first-order chi connectivity index (χ1) is 20.7. The molecule has 228 valence electrons. The van der Waals surface area contributed by atoms with Crippen LogP contribution in [0.3, 0.4) is 0 Å². The summed E-state index contributed by atoms with van der Waals surface area (Å²) >= 11 is 0. The lowest BCUT2D eigenvalue weighted by atomic mass is 9.59. The number of ether oxygens (including phenoxy) is 1. The van der Waals surface area contributed by atoms with E-state index in [9.17, 15) is 4.79 Å². The van der Waals surface area contributed by atoms with Gasteiger partial charge in [0.25, 0.3) is 0 Å². The number of carbonyl (C=O) groups is 1. The molecule has 43 heavy (non-hydrogen) atoms. The number of hydrogen-bond acceptors (Lipinski definition) is 5. The molecule has 0 aromatic heterocycles. The van der Waals surface area contributed by atoms with Crippen molar-refractivity contribution < 1.29 is 9.53 Å². The molecule has 3 aromatic rings. The molecular weight excluding hydrogens is 532 g/mol. The number of benzene rings is 3. The molecule has 2 saturated heterocycles. The smallest absolute Gasteiger partial charge is 0.248 e. The summed E-state index contributed by atoms with van der Waals surface area (Å²) in [5.74, 6) is 1.05. The Labute approximate surface area is 257 Å². The molecule has 6 nitrogen and oxygen atoms in total. The number of nitrogens with two attached hydrogens (primary N) is 1. The quantitative estimate of drug-likeness (QED) is 0.325. The van der Waals surface area contributed by atoms with Crippen LogP contribution in [0.5, 0.6) is 5.75 Å². The Kier molecular flexibility index (Phi) is 8.52. The van der Waals surface area contributed by atoms with Crippen LogP contribution in [0.1, 0.15) is 85.5 Å². The molecule has 2 aliphatic heterocycles. The molecule has 3 aromatic carbocycles. The number of methoxy groups -OCH3 is 1. The van der Waals surface area contributed by atoms with Gasteiger partial charge in [0.15, 0.2) is 0 Å². The van der Waals surface area contributed by atoms with Crippen molar-refractivity contribution in [3.05, 3.63) is 95.1 Å². The van der Waals surface area contributed by atoms with Gasteiger partial charge in [-0.3, -0.25) is 14.6 Å². The molecule has 1 amide bonds. The van der Waals surface area contributed by atoms with Crippen LogP contribution in [0.15, 0.2) is 72.8 Å². The van der Waals surface area contributed by atoms with Crippen molar-refractivity contribution in [2.75, 3.05) is 38.2 Å². The first-order valence-electron chi connectivity index (χ1n) is 16.1. The first-order valence-corrected chi connectivity index (χ1v) is 16.1. The fourth-order valence-electron chi connectivity index (χ4n) is 7.92. The Hall–Kier alpha value is -3.35. The number of piperidine rings is 1. The van der Waals surface area contributed by atoms with Crippen molar-refractivity contribution in [2.24, 2.45) is 11.1 Å². The van der Waals surface area contributed by atoms with Gasteiger partial charge in [-0.2, -0.15) is 0 Å². The Bertz CT molecular complexity index is 1390.